The van der Waals surface area contributed by atoms with Crippen molar-refractivity contribution in [3.63, 3.8) is 0 Å². The van der Waals surface area contributed by atoms with Crippen LogP contribution < -0.4 is 0 Å². The van der Waals surface area contributed by atoms with Crippen molar-refractivity contribution in [1.82, 2.24) is 0 Å². The van der Waals surface area contributed by atoms with E-state index in [1.54, 1.807) is 16.7 Å². The first-order valence-electron chi connectivity index (χ1n) is 30.4. The molecule has 0 bridgehead atoms. The number of rotatable bonds is 10. The summed E-state index contributed by atoms with van der Waals surface area (Å²) in [6.07, 6.45) is 19.6. The minimum atomic E-state index is -0.141. The van der Waals surface area contributed by atoms with Crippen LogP contribution in [-0.2, 0) is 29.1 Å². The van der Waals surface area contributed by atoms with Gasteiger partial charge in [-0.1, -0.05) is 245 Å². The number of aryl methyl sites for hydroxylation is 2. The average Bonchev–Trinajstić information content (AvgIpc) is 3.85. The minimum absolute atomic E-state index is 0.0276. The van der Waals surface area contributed by atoms with Gasteiger partial charge < -0.3 is 0 Å². The summed E-state index contributed by atoms with van der Waals surface area (Å²) in [6.45, 7) is 41.3. The van der Waals surface area contributed by atoms with E-state index in [2.05, 4.69) is 238 Å². The maximum Gasteiger partial charge on any atom is 0.0152 e. The van der Waals surface area contributed by atoms with Crippen molar-refractivity contribution in [3.05, 3.63) is 189 Å². The van der Waals surface area contributed by atoms with Gasteiger partial charge in [-0.05, 0) is 215 Å². The Labute approximate surface area is 467 Å². The fourth-order valence-electron chi connectivity index (χ4n) is 13.6. The normalized spacial score (nSPS) is 17.6. The molecule has 0 heteroatoms. The van der Waals surface area contributed by atoms with E-state index in [4.69, 9.17) is 0 Å². The summed E-state index contributed by atoms with van der Waals surface area (Å²) in [5.41, 5.74) is 19.4. The maximum absolute atomic E-state index is 2.54. The molecule has 0 saturated heterocycles. The largest absolute Gasteiger partial charge is 0.0834 e. The quantitative estimate of drug-likeness (QED) is 0.120. The highest BCUT2D eigenvalue weighted by molar-refractivity contribution is 6.24. The van der Waals surface area contributed by atoms with Crippen LogP contribution in [0.25, 0.3) is 65.0 Å². The molecule has 3 aliphatic rings. The van der Waals surface area contributed by atoms with Crippen LogP contribution in [0.2, 0.25) is 0 Å². The predicted molar refractivity (Wildman–Crippen MR) is 346 cm³/mol. The average molecular weight is 1020 g/mol. The van der Waals surface area contributed by atoms with Gasteiger partial charge in [0.05, 0.1) is 0 Å². The molecule has 0 aromatic heterocycles. The fraction of sp³-hybridized carbons (Fsp3) is 0.429. The van der Waals surface area contributed by atoms with Crippen molar-refractivity contribution in [2.75, 3.05) is 0 Å². The Hall–Kier alpha value is -5.72. The minimum Gasteiger partial charge on any atom is -0.0834 e. The second-order valence-electron chi connectivity index (χ2n) is 25.8. The van der Waals surface area contributed by atoms with Crippen molar-refractivity contribution in [2.24, 2.45) is 11.8 Å². The molecule has 404 valence electrons. The number of hydrogen-bond donors (Lipinski definition) is 0. The van der Waals surface area contributed by atoms with Crippen LogP contribution in [-0.4, -0.2) is 0 Å². The molecule has 0 saturated carbocycles. The Bertz CT molecular complexity index is 3530. The van der Waals surface area contributed by atoms with Gasteiger partial charge in [-0.15, -0.1) is 0 Å². The molecule has 0 heterocycles. The van der Waals surface area contributed by atoms with Gasteiger partial charge in [-0.3, -0.25) is 0 Å². The van der Waals surface area contributed by atoms with E-state index < -0.39 is 0 Å². The monoisotopic (exact) mass is 1020 g/mol. The summed E-state index contributed by atoms with van der Waals surface area (Å²) in [6, 6.07) is 41.0. The Morgan fingerprint density at radius 2 is 1.27 bits per heavy atom. The summed E-state index contributed by atoms with van der Waals surface area (Å²) in [5, 5.41) is 14.3. The van der Waals surface area contributed by atoms with Gasteiger partial charge in [-0.2, -0.15) is 0 Å². The van der Waals surface area contributed by atoms with Gasteiger partial charge in [-0.25, -0.2) is 0 Å². The first-order chi connectivity index (χ1) is 36.7. The fourth-order valence-corrected chi connectivity index (χ4v) is 13.6. The van der Waals surface area contributed by atoms with E-state index in [0.29, 0.717) is 11.8 Å². The lowest BCUT2D eigenvalue weighted by Crippen LogP contribution is -2.28. The van der Waals surface area contributed by atoms with Crippen molar-refractivity contribution in [1.29, 1.82) is 0 Å². The molecule has 2 unspecified atom stereocenters. The van der Waals surface area contributed by atoms with Crippen LogP contribution >= 0.6 is 0 Å². The molecule has 0 nitrogen and oxygen atoms in total. The molecule has 0 aliphatic heterocycles. The number of benzene rings is 8. The molecular weight excluding hydrogens is 925 g/mol. The van der Waals surface area contributed by atoms with Gasteiger partial charge in [0.15, 0.2) is 0 Å². The van der Waals surface area contributed by atoms with E-state index in [1.165, 1.54) is 142 Å². The van der Waals surface area contributed by atoms with Crippen LogP contribution in [0.3, 0.4) is 0 Å². The van der Waals surface area contributed by atoms with Crippen LogP contribution in [0.4, 0.5) is 0 Å². The highest BCUT2D eigenvalue weighted by atomic mass is 14.4. The van der Waals surface area contributed by atoms with Gasteiger partial charge in [0.2, 0.25) is 0 Å². The van der Waals surface area contributed by atoms with Crippen molar-refractivity contribution in [2.45, 2.75) is 205 Å². The van der Waals surface area contributed by atoms with Gasteiger partial charge in [0, 0.05) is 10.8 Å². The lowest BCUT2D eigenvalue weighted by molar-refractivity contribution is 0.532. The molecule has 0 amide bonds. The zero-order chi connectivity index (χ0) is 55.7. The van der Waals surface area contributed by atoms with Crippen molar-refractivity contribution in [3.8, 4) is 0 Å². The molecule has 0 spiro atoms. The molecule has 0 fully saturated rings. The first kappa shape index (κ1) is 57.5. The molecule has 77 heavy (non-hydrogen) atoms. The van der Waals surface area contributed by atoms with Crippen molar-refractivity contribution >= 4 is 65.0 Å². The predicted octanol–water partition coefficient (Wildman–Crippen LogP) is 23.5. The smallest absolute Gasteiger partial charge is 0.0152 e. The molecule has 2 atom stereocenters. The van der Waals surface area contributed by atoms with E-state index in [1.807, 2.05) is 13.8 Å². The second kappa shape index (κ2) is 23.3. The van der Waals surface area contributed by atoms with Crippen LogP contribution in [0.5, 0.6) is 0 Å². The SMILES string of the molecule is CC.CC/C(CC(C)C)=C(/C)c1cc2c3c(ccc4c(C(C)(C)c5ccc(C6(C)C=CC=CC6)c(C(C)(C)C)c5)ccc(c43)CC2)c1.CCC.CCC1=C(c2cc3ccc4ccc(C(C)C)c5ccc(c2)c3c45)CC(C)C1. The molecular formula is C77H96. The topological polar surface area (TPSA) is 0 Å². The van der Waals surface area contributed by atoms with Crippen LogP contribution in [0.1, 0.15) is 226 Å². The van der Waals surface area contributed by atoms with E-state index in [9.17, 15) is 0 Å². The molecule has 0 radical (unpaired) electrons. The third-order valence-corrected chi connectivity index (χ3v) is 17.7. The summed E-state index contributed by atoms with van der Waals surface area (Å²) in [7, 11) is 0. The van der Waals surface area contributed by atoms with Crippen LogP contribution in [0, 0.1) is 11.8 Å². The summed E-state index contributed by atoms with van der Waals surface area (Å²) < 4.78 is 0. The van der Waals surface area contributed by atoms with Gasteiger partial charge in [0.1, 0.15) is 0 Å². The number of allylic oxidation sites excluding steroid dienone is 8. The van der Waals surface area contributed by atoms with E-state index in [0.717, 1.165) is 31.6 Å². The Morgan fingerprint density at radius 1 is 0.636 bits per heavy atom. The molecule has 0 N–H and O–H groups in total. The Kier molecular flexibility index (Phi) is 17.4. The molecule has 3 aliphatic carbocycles. The van der Waals surface area contributed by atoms with Crippen molar-refractivity contribution < 1.29 is 0 Å². The van der Waals surface area contributed by atoms with E-state index >= 15 is 0 Å². The third-order valence-electron chi connectivity index (χ3n) is 17.7. The Balaban J connectivity index is 0.000000207. The second-order valence-corrected chi connectivity index (χ2v) is 25.8. The zero-order valence-electron chi connectivity index (χ0n) is 51.2. The molecule has 8 aromatic carbocycles. The molecule has 8 aromatic rings. The summed E-state index contributed by atoms with van der Waals surface area (Å²) >= 11 is 0. The van der Waals surface area contributed by atoms with Gasteiger partial charge >= 0.3 is 0 Å². The van der Waals surface area contributed by atoms with E-state index in [-0.39, 0.29) is 16.2 Å². The summed E-state index contributed by atoms with van der Waals surface area (Å²) in [5.74, 6) is 2.01. The summed E-state index contributed by atoms with van der Waals surface area (Å²) in [4.78, 5) is 0. The lowest BCUT2D eigenvalue weighted by atomic mass is 9.67. The maximum atomic E-state index is 2.54. The third kappa shape index (κ3) is 11.2. The Morgan fingerprint density at radius 3 is 1.90 bits per heavy atom. The zero-order valence-corrected chi connectivity index (χ0v) is 51.2. The number of hydrogen-bond acceptors (Lipinski definition) is 0. The van der Waals surface area contributed by atoms with Crippen LogP contribution in [0.15, 0.2) is 139 Å². The highest BCUT2D eigenvalue weighted by Gasteiger charge is 2.34. The highest BCUT2D eigenvalue weighted by Crippen LogP contribution is 2.48. The lowest BCUT2D eigenvalue weighted by Gasteiger charge is -2.36. The van der Waals surface area contributed by atoms with Gasteiger partial charge in [0.25, 0.3) is 0 Å². The first-order valence-corrected chi connectivity index (χ1v) is 30.4. The molecule has 11 rings (SSSR count). The standard InChI is InChI=1S/C45H54.C27H28.C3H8.C2H6/c1-11-31(25-29(2)3)30(4)35-26-33-16-15-32-18-21-38(37-20-17-34(27-35)41(33)42(32)37)44(8,9)36-19-22-39(40(28-36)43(5,6)7)45(10)23-13-12-14-24-45;1-5-18-12-17(4)13-25(18)22-14-20-7-6-19-8-10-23(16(2)3)24-11-9-21(15-22)26(20)27(19)24;1-3-2;1-2/h12-14,17-23,26-29H,11,15-16,24-25H2,1-10H3;6-11,14-17H,5,12-13H2,1-4H3;3H2,1-2H3;1-2H3/b31-30+;;;.